The first-order valence-electron chi connectivity index (χ1n) is 7.28. The number of hydrogen-bond acceptors (Lipinski definition) is 3. The predicted octanol–water partition coefficient (Wildman–Crippen LogP) is 0.879. The van der Waals surface area contributed by atoms with E-state index in [0.717, 1.165) is 12.8 Å². The number of carbonyl (C=O) groups excluding carboxylic acids is 2. The Kier molecular flexibility index (Phi) is 5.57. The molecule has 0 saturated carbocycles. The number of primary amides is 1. The summed E-state index contributed by atoms with van der Waals surface area (Å²) in [5.41, 5.74) is 3.94. The third-order valence-electron chi connectivity index (χ3n) is 4.12. The Morgan fingerprint density at radius 1 is 1.29 bits per heavy atom. The first-order chi connectivity index (χ1) is 9.70. The van der Waals surface area contributed by atoms with Crippen LogP contribution in [0.5, 0.6) is 0 Å². The van der Waals surface area contributed by atoms with Crippen molar-refractivity contribution in [3.8, 4) is 0 Å². The van der Waals surface area contributed by atoms with Crippen LogP contribution in [0, 0.1) is 5.92 Å². The van der Waals surface area contributed by atoms with Gasteiger partial charge in [0.05, 0.1) is 0 Å². The molecule has 1 saturated heterocycles. The molecule has 120 valence electrons. The summed E-state index contributed by atoms with van der Waals surface area (Å²) in [4.78, 5) is 37.8. The minimum absolute atomic E-state index is 0.217. The standard InChI is InChI=1S/C14H25N3O4/c1-4-17(14(2,3)12(19)20)13(21)16-7-5-10(6-8-16)9-11(15)18/h10H,4-9H2,1-3H3,(H2,15,18)(H,19,20). The molecule has 1 rings (SSSR count). The Morgan fingerprint density at radius 3 is 2.19 bits per heavy atom. The quantitative estimate of drug-likeness (QED) is 0.786. The van der Waals surface area contributed by atoms with E-state index in [-0.39, 0.29) is 17.9 Å². The molecular formula is C14H25N3O4. The van der Waals surface area contributed by atoms with E-state index in [0.29, 0.717) is 26.1 Å². The second kappa shape index (κ2) is 6.78. The number of amides is 3. The smallest absolute Gasteiger partial charge is 0.329 e. The highest BCUT2D eigenvalue weighted by Gasteiger charge is 2.39. The summed E-state index contributed by atoms with van der Waals surface area (Å²) in [6.07, 6.45) is 1.79. The fourth-order valence-corrected chi connectivity index (χ4v) is 2.67. The third kappa shape index (κ3) is 4.09. The SMILES string of the molecule is CCN(C(=O)N1CCC(CC(N)=O)CC1)C(C)(C)C(=O)O. The van der Waals surface area contributed by atoms with Gasteiger partial charge in [0.15, 0.2) is 0 Å². The summed E-state index contributed by atoms with van der Waals surface area (Å²) in [6.45, 7) is 6.21. The van der Waals surface area contributed by atoms with Gasteiger partial charge in [-0.1, -0.05) is 0 Å². The number of likely N-dealkylation sites (N-methyl/N-ethyl adjacent to an activating group) is 1. The van der Waals surface area contributed by atoms with Crippen LogP contribution in [0.4, 0.5) is 4.79 Å². The van der Waals surface area contributed by atoms with Crippen LogP contribution in [0.3, 0.4) is 0 Å². The molecule has 7 nitrogen and oxygen atoms in total. The summed E-state index contributed by atoms with van der Waals surface area (Å²) in [5.74, 6) is -1.13. The summed E-state index contributed by atoms with van der Waals surface area (Å²) in [6, 6.07) is -0.262. The van der Waals surface area contributed by atoms with E-state index in [1.54, 1.807) is 11.8 Å². The van der Waals surface area contributed by atoms with Crippen LogP contribution >= 0.6 is 0 Å². The molecule has 0 aromatic heterocycles. The van der Waals surface area contributed by atoms with E-state index >= 15 is 0 Å². The number of hydrogen-bond donors (Lipinski definition) is 2. The Bertz CT molecular complexity index is 414. The molecule has 3 N–H and O–H groups in total. The van der Waals surface area contributed by atoms with Crippen molar-refractivity contribution in [1.29, 1.82) is 0 Å². The monoisotopic (exact) mass is 299 g/mol. The number of likely N-dealkylation sites (tertiary alicyclic amines) is 1. The Hall–Kier alpha value is -1.79. The highest BCUT2D eigenvalue weighted by atomic mass is 16.4. The first kappa shape index (κ1) is 17.3. The van der Waals surface area contributed by atoms with Crippen molar-refractivity contribution in [2.45, 2.75) is 45.6 Å². The van der Waals surface area contributed by atoms with Gasteiger partial charge >= 0.3 is 12.0 Å². The topological polar surface area (TPSA) is 104 Å². The Labute approximate surface area is 125 Å². The van der Waals surface area contributed by atoms with E-state index in [4.69, 9.17) is 5.73 Å². The van der Waals surface area contributed by atoms with Gasteiger partial charge in [0.1, 0.15) is 5.54 Å². The molecule has 0 bridgehead atoms. The second-order valence-corrected chi connectivity index (χ2v) is 5.99. The van der Waals surface area contributed by atoms with Crippen molar-refractivity contribution in [2.75, 3.05) is 19.6 Å². The van der Waals surface area contributed by atoms with Crippen LogP contribution in [-0.2, 0) is 9.59 Å². The van der Waals surface area contributed by atoms with E-state index in [9.17, 15) is 19.5 Å². The molecule has 0 aromatic carbocycles. The number of carboxylic acids is 1. The number of urea groups is 1. The molecule has 1 fully saturated rings. The molecule has 0 aromatic rings. The third-order valence-corrected chi connectivity index (χ3v) is 4.12. The lowest BCUT2D eigenvalue weighted by Crippen LogP contribution is -2.58. The van der Waals surface area contributed by atoms with Gasteiger partial charge < -0.3 is 20.6 Å². The molecule has 21 heavy (non-hydrogen) atoms. The number of carboxylic acid groups (broad SMARTS) is 1. The van der Waals surface area contributed by atoms with Crippen LogP contribution in [0.2, 0.25) is 0 Å². The van der Waals surface area contributed by atoms with Gasteiger partial charge in [-0.15, -0.1) is 0 Å². The zero-order valence-electron chi connectivity index (χ0n) is 13.0. The Morgan fingerprint density at radius 2 is 1.81 bits per heavy atom. The fraction of sp³-hybridized carbons (Fsp3) is 0.786. The van der Waals surface area contributed by atoms with Gasteiger partial charge in [-0.25, -0.2) is 9.59 Å². The molecule has 0 spiro atoms. The fourth-order valence-electron chi connectivity index (χ4n) is 2.67. The summed E-state index contributed by atoms with van der Waals surface area (Å²) in [7, 11) is 0. The van der Waals surface area contributed by atoms with Crippen LogP contribution < -0.4 is 5.73 Å². The lowest BCUT2D eigenvalue weighted by atomic mass is 9.93. The molecule has 0 aliphatic carbocycles. The summed E-state index contributed by atoms with van der Waals surface area (Å²) < 4.78 is 0. The van der Waals surface area contributed by atoms with Crippen LogP contribution in [0.15, 0.2) is 0 Å². The Balaban J connectivity index is 2.67. The van der Waals surface area contributed by atoms with E-state index in [2.05, 4.69) is 0 Å². The molecule has 7 heteroatoms. The predicted molar refractivity (Wildman–Crippen MR) is 77.6 cm³/mol. The maximum Gasteiger partial charge on any atom is 0.329 e. The van der Waals surface area contributed by atoms with Crippen LogP contribution in [0.1, 0.15) is 40.0 Å². The highest BCUT2D eigenvalue weighted by Crippen LogP contribution is 2.23. The minimum Gasteiger partial charge on any atom is -0.480 e. The van der Waals surface area contributed by atoms with Crippen molar-refractivity contribution in [3.63, 3.8) is 0 Å². The zero-order valence-corrected chi connectivity index (χ0v) is 13.0. The van der Waals surface area contributed by atoms with Gasteiger partial charge in [0.2, 0.25) is 5.91 Å². The lowest BCUT2D eigenvalue weighted by molar-refractivity contribution is -0.147. The van der Waals surface area contributed by atoms with Gasteiger partial charge in [-0.2, -0.15) is 0 Å². The molecule has 0 atom stereocenters. The molecule has 3 amide bonds. The summed E-state index contributed by atoms with van der Waals surface area (Å²) in [5, 5.41) is 9.27. The molecule has 1 heterocycles. The first-order valence-corrected chi connectivity index (χ1v) is 7.28. The molecule has 0 radical (unpaired) electrons. The molecule has 1 aliphatic heterocycles. The van der Waals surface area contributed by atoms with Crippen molar-refractivity contribution in [3.05, 3.63) is 0 Å². The van der Waals surface area contributed by atoms with Crippen LogP contribution in [0.25, 0.3) is 0 Å². The van der Waals surface area contributed by atoms with E-state index in [1.165, 1.54) is 18.7 Å². The van der Waals surface area contributed by atoms with Gasteiger partial charge in [0, 0.05) is 26.1 Å². The zero-order chi connectivity index (χ0) is 16.2. The maximum absolute atomic E-state index is 12.5. The number of aliphatic carboxylic acids is 1. The van der Waals surface area contributed by atoms with Crippen molar-refractivity contribution >= 4 is 17.9 Å². The number of nitrogens with two attached hydrogens (primary N) is 1. The average Bonchev–Trinajstić information content (AvgIpc) is 2.39. The number of piperidine rings is 1. The lowest BCUT2D eigenvalue weighted by Gasteiger charge is -2.40. The van der Waals surface area contributed by atoms with Crippen molar-refractivity contribution < 1.29 is 19.5 Å². The van der Waals surface area contributed by atoms with Gasteiger partial charge in [0.25, 0.3) is 0 Å². The van der Waals surface area contributed by atoms with Gasteiger partial charge in [-0.3, -0.25) is 4.79 Å². The van der Waals surface area contributed by atoms with E-state index in [1.807, 2.05) is 0 Å². The minimum atomic E-state index is -1.24. The van der Waals surface area contributed by atoms with E-state index < -0.39 is 11.5 Å². The summed E-state index contributed by atoms with van der Waals surface area (Å²) >= 11 is 0. The number of carbonyl (C=O) groups is 3. The highest BCUT2D eigenvalue weighted by molar-refractivity contribution is 5.85. The number of rotatable bonds is 5. The molecule has 1 aliphatic rings. The maximum atomic E-state index is 12.5. The van der Waals surface area contributed by atoms with Crippen LogP contribution in [-0.4, -0.2) is 58.0 Å². The average molecular weight is 299 g/mol. The molecular weight excluding hydrogens is 274 g/mol. The van der Waals surface area contributed by atoms with Crippen molar-refractivity contribution in [2.24, 2.45) is 11.7 Å². The largest absolute Gasteiger partial charge is 0.480 e. The normalized spacial score (nSPS) is 16.6. The van der Waals surface area contributed by atoms with Gasteiger partial charge in [-0.05, 0) is 39.5 Å². The molecule has 0 unspecified atom stereocenters. The number of nitrogens with zero attached hydrogens (tertiary/aromatic N) is 2. The van der Waals surface area contributed by atoms with Crippen molar-refractivity contribution in [1.82, 2.24) is 9.80 Å². The second-order valence-electron chi connectivity index (χ2n) is 5.99.